The number of oxazole rings is 1. The number of hydrogen-bond acceptors (Lipinski definition) is 5. The van der Waals surface area contributed by atoms with E-state index >= 15 is 0 Å². The minimum atomic E-state index is 0.641. The number of nitrogens with one attached hydrogen (secondary N) is 1. The van der Waals surface area contributed by atoms with Gasteiger partial charge in [-0.15, -0.1) is 0 Å². The van der Waals surface area contributed by atoms with Gasteiger partial charge in [-0.3, -0.25) is 0 Å². The fourth-order valence-electron chi connectivity index (χ4n) is 1.56. The van der Waals surface area contributed by atoms with Crippen LogP contribution in [0.2, 0.25) is 0 Å². The molecule has 4 nitrogen and oxygen atoms in total. The summed E-state index contributed by atoms with van der Waals surface area (Å²) in [6.45, 7) is 7.88. The monoisotopic (exact) mass is 263 g/mol. The van der Waals surface area contributed by atoms with Crippen molar-refractivity contribution in [3.8, 4) is 0 Å². The highest BCUT2D eigenvalue weighted by molar-refractivity contribution is 7.99. The second kappa shape index (κ2) is 6.02. The number of rotatable bonds is 5. The molecule has 5 heteroatoms. The van der Waals surface area contributed by atoms with Crippen molar-refractivity contribution in [2.24, 2.45) is 0 Å². The molecule has 2 rings (SSSR count). The maximum Gasteiger partial charge on any atom is 0.262 e. The Morgan fingerprint density at radius 1 is 1.39 bits per heavy atom. The van der Waals surface area contributed by atoms with Gasteiger partial charge in [0, 0.05) is 12.7 Å². The molecule has 0 aliphatic rings. The van der Waals surface area contributed by atoms with Gasteiger partial charge in [-0.2, -0.15) is 0 Å². The number of hydrogen-bond donors (Lipinski definition) is 1. The van der Waals surface area contributed by atoms with Crippen LogP contribution in [0.1, 0.15) is 23.7 Å². The maximum atomic E-state index is 5.32. The molecule has 0 spiro atoms. The van der Waals surface area contributed by atoms with Crippen LogP contribution in [0.5, 0.6) is 0 Å². The fraction of sp³-hybridized carbons (Fsp3) is 0.385. The molecular formula is C13H17N3OS. The van der Waals surface area contributed by atoms with Crippen molar-refractivity contribution in [3.05, 3.63) is 35.3 Å². The van der Waals surface area contributed by atoms with Crippen molar-refractivity contribution >= 4 is 11.8 Å². The van der Waals surface area contributed by atoms with Gasteiger partial charge in [0.2, 0.25) is 0 Å². The Bertz CT molecular complexity index is 525. The van der Waals surface area contributed by atoms with Crippen molar-refractivity contribution in [1.29, 1.82) is 0 Å². The molecule has 0 saturated heterocycles. The topological polar surface area (TPSA) is 51.0 Å². The normalized spacial score (nSPS) is 10.8. The first-order valence-electron chi connectivity index (χ1n) is 5.95. The molecule has 0 aliphatic heterocycles. The number of aromatic nitrogens is 2. The predicted octanol–water partition coefficient (Wildman–Crippen LogP) is 2.95. The van der Waals surface area contributed by atoms with Crippen molar-refractivity contribution in [2.45, 2.75) is 37.6 Å². The summed E-state index contributed by atoms with van der Waals surface area (Å²) in [5, 5.41) is 4.87. The summed E-state index contributed by atoms with van der Waals surface area (Å²) >= 11 is 1.46. The van der Waals surface area contributed by atoms with Crippen LogP contribution in [0.3, 0.4) is 0 Å². The summed E-state index contributed by atoms with van der Waals surface area (Å²) in [5.41, 5.74) is 3.23. The van der Waals surface area contributed by atoms with Crippen LogP contribution < -0.4 is 5.32 Å². The zero-order chi connectivity index (χ0) is 13.0. The van der Waals surface area contributed by atoms with E-state index < -0.39 is 0 Å². The Morgan fingerprint density at radius 3 is 2.83 bits per heavy atom. The number of nitrogens with zero attached hydrogens (tertiary/aromatic N) is 2. The fourth-order valence-corrected chi connectivity index (χ4v) is 2.33. The average Bonchev–Trinajstić information content (AvgIpc) is 2.75. The highest BCUT2D eigenvalue weighted by atomic mass is 32.2. The Balaban J connectivity index is 2.09. The molecule has 0 bridgehead atoms. The van der Waals surface area contributed by atoms with E-state index in [-0.39, 0.29) is 0 Å². The van der Waals surface area contributed by atoms with Gasteiger partial charge in [0.1, 0.15) is 11.3 Å². The van der Waals surface area contributed by atoms with Gasteiger partial charge in [-0.1, -0.05) is 13.0 Å². The largest absolute Gasteiger partial charge is 0.439 e. The summed E-state index contributed by atoms with van der Waals surface area (Å²) in [6, 6.07) is 2.15. The highest BCUT2D eigenvalue weighted by Crippen LogP contribution is 2.27. The quantitative estimate of drug-likeness (QED) is 0.898. The first kappa shape index (κ1) is 13.1. The van der Waals surface area contributed by atoms with Crippen molar-refractivity contribution in [3.63, 3.8) is 0 Å². The Kier molecular flexibility index (Phi) is 4.38. The molecule has 0 radical (unpaired) electrons. The van der Waals surface area contributed by atoms with Crippen molar-refractivity contribution < 1.29 is 4.42 Å². The molecule has 0 aliphatic carbocycles. The van der Waals surface area contributed by atoms with E-state index in [2.05, 4.69) is 35.2 Å². The third-order valence-corrected chi connectivity index (χ3v) is 3.43. The molecule has 1 N–H and O–H groups in total. The minimum absolute atomic E-state index is 0.641. The third-order valence-electron chi connectivity index (χ3n) is 2.45. The van der Waals surface area contributed by atoms with E-state index in [1.807, 2.05) is 13.1 Å². The van der Waals surface area contributed by atoms with Crippen LogP contribution in [0.25, 0.3) is 0 Å². The SMILES string of the molecule is CCNCc1cnc(Sc2nc(C)co2)c(C)c1. The minimum Gasteiger partial charge on any atom is -0.439 e. The van der Waals surface area contributed by atoms with Crippen molar-refractivity contribution in [1.82, 2.24) is 15.3 Å². The Hall–Kier alpha value is -1.33. The first-order chi connectivity index (χ1) is 8.69. The van der Waals surface area contributed by atoms with E-state index in [1.165, 1.54) is 17.3 Å². The zero-order valence-corrected chi connectivity index (χ0v) is 11.7. The average molecular weight is 263 g/mol. The van der Waals surface area contributed by atoms with Gasteiger partial charge < -0.3 is 9.73 Å². The molecule has 2 aromatic heterocycles. The first-order valence-corrected chi connectivity index (χ1v) is 6.77. The van der Waals surface area contributed by atoms with E-state index in [9.17, 15) is 0 Å². The second-order valence-electron chi connectivity index (χ2n) is 4.10. The third kappa shape index (κ3) is 3.34. The second-order valence-corrected chi connectivity index (χ2v) is 5.04. The van der Waals surface area contributed by atoms with Crippen LogP contribution in [-0.4, -0.2) is 16.5 Å². The summed E-state index contributed by atoms with van der Waals surface area (Å²) in [4.78, 5) is 8.72. The van der Waals surface area contributed by atoms with Gasteiger partial charge in [0.15, 0.2) is 0 Å². The van der Waals surface area contributed by atoms with E-state index in [0.29, 0.717) is 5.22 Å². The molecule has 2 heterocycles. The highest BCUT2D eigenvalue weighted by Gasteiger charge is 2.08. The lowest BCUT2D eigenvalue weighted by molar-refractivity contribution is 0.453. The van der Waals surface area contributed by atoms with Gasteiger partial charge in [0.25, 0.3) is 5.22 Å². The van der Waals surface area contributed by atoms with Crippen LogP contribution in [0, 0.1) is 13.8 Å². The van der Waals surface area contributed by atoms with Crippen LogP contribution in [0.4, 0.5) is 0 Å². The van der Waals surface area contributed by atoms with E-state index in [4.69, 9.17) is 4.42 Å². The molecule has 96 valence electrons. The Labute approximate surface area is 111 Å². The van der Waals surface area contributed by atoms with Gasteiger partial charge in [0.05, 0.1) is 5.69 Å². The molecule has 0 aromatic carbocycles. The number of aryl methyl sites for hydroxylation is 2. The molecule has 18 heavy (non-hydrogen) atoms. The molecule has 0 atom stereocenters. The van der Waals surface area contributed by atoms with Crippen molar-refractivity contribution in [2.75, 3.05) is 6.54 Å². The summed E-state index contributed by atoms with van der Waals surface area (Å²) in [7, 11) is 0. The zero-order valence-electron chi connectivity index (χ0n) is 10.9. The predicted molar refractivity (Wildman–Crippen MR) is 71.7 cm³/mol. The van der Waals surface area contributed by atoms with E-state index in [0.717, 1.165) is 29.4 Å². The standard InChI is InChI=1S/C13H17N3OS/c1-4-14-6-11-5-9(2)12(15-7-11)18-13-16-10(3)8-17-13/h5,7-8,14H,4,6H2,1-3H3. The lowest BCUT2D eigenvalue weighted by atomic mass is 10.2. The molecule has 0 amide bonds. The van der Waals surface area contributed by atoms with Crippen LogP contribution >= 0.6 is 11.8 Å². The van der Waals surface area contributed by atoms with Crippen LogP contribution in [0.15, 0.2) is 33.2 Å². The molecule has 0 fully saturated rings. The maximum absolute atomic E-state index is 5.32. The van der Waals surface area contributed by atoms with Gasteiger partial charge in [-0.05, 0) is 43.3 Å². The molecule has 0 unspecified atom stereocenters. The molecular weight excluding hydrogens is 246 g/mol. The van der Waals surface area contributed by atoms with Crippen LogP contribution in [-0.2, 0) is 6.54 Å². The lowest BCUT2D eigenvalue weighted by Gasteiger charge is -2.06. The van der Waals surface area contributed by atoms with Gasteiger partial charge in [-0.25, -0.2) is 9.97 Å². The lowest BCUT2D eigenvalue weighted by Crippen LogP contribution is -2.12. The summed E-state index contributed by atoms with van der Waals surface area (Å²) in [6.07, 6.45) is 3.55. The molecule has 0 saturated carbocycles. The molecule has 2 aromatic rings. The van der Waals surface area contributed by atoms with Gasteiger partial charge >= 0.3 is 0 Å². The smallest absolute Gasteiger partial charge is 0.262 e. The number of pyridine rings is 1. The Morgan fingerprint density at radius 2 is 2.22 bits per heavy atom. The summed E-state index contributed by atoms with van der Waals surface area (Å²) in [5.74, 6) is 0. The van der Waals surface area contributed by atoms with E-state index in [1.54, 1.807) is 6.26 Å². The summed E-state index contributed by atoms with van der Waals surface area (Å²) < 4.78 is 5.32.